The number of alkyl halides is 3. The van der Waals surface area contributed by atoms with E-state index in [2.05, 4.69) is 10.6 Å². The van der Waals surface area contributed by atoms with E-state index in [9.17, 15) is 32.7 Å². The van der Waals surface area contributed by atoms with Gasteiger partial charge in [-0.15, -0.1) is 0 Å². The third-order valence-corrected chi connectivity index (χ3v) is 5.85. The Balaban J connectivity index is 1.70. The Morgan fingerprint density at radius 3 is 2.35 bits per heavy atom. The second-order valence-electron chi connectivity index (χ2n) is 8.42. The van der Waals surface area contributed by atoms with Gasteiger partial charge in [0.1, 0.15) is 5.70 Å². The molecule has 11 heteroatoms. The lowest BCUT2D eigenvalue weighted by molar-refractivity contribution is -0.138. The summed E-state index contributed by atoms with van der Waals surface area (Å²) >= 11 is 0. The number of benzene rings is 2. The SMILES string of the molecule is O=C(O)CCNC(=O)C1=C(O)C2=CC(c3ccc(C(F)(F)F)cc3)C(=O)NC2=CN1Cc1ccccc1. The van der Waals surface area contributed by atoms with E-state index >= 15 is 0 Å². The van der Waals surface area contributed by atoms with Crippen molar-refractivity contribution in [1.29, 1.82) is 0 Å². The highest BCUT2D eigenvalue weighted by Gasteiger charge is 2.36. The number of carboxylic acid groups (broad SMARTS) is 1. The summed E-state index contributed by atoms with van der Waals surface area (Å²) < 4.78 is 38.8. The molecular formula is C26H22F3N3O5. The van der Waals surface area contributed by atoms with Gasteiger partial charge in [-0.3, -0.25) is 14.4 Å². The van der Waals surface area contributed by atoms with Gasteiger partial charge in [0.05, 0.1) is 23.6 Å². The third kappa shape index (κ3) is 5.66. The van der Waals surface area contributed by atoms with E-state index in [0.29, 0.717) is 0 Å². The number of carbonyl (C=O) groups is 3. The van der Waals surface area contributed by atoms with E-state index in [1.807, 2.05) is 6.07 Å². The molecule has 1 unspecified atom stereocenters. The van der Waals surface area contributed by atoms with Crippen LogP contribution in [-0.4, -0.2) is 39.4 Å². The van der Waals surface area contributed by atoms with Crippen LogP contribution in [0.5, 0.6) is 0 Å². The number of nitrogens with zero attached hydrogens (tertiary/aromatic N) is 1. The zero-order valence-electron chi connectivity index (χ0n) is 19.2. The smallest absolute Gasteiger partial charge is 0.416 e. The quantitative estimate of drug-likeness (QED) is 0.450. The standard InChI is InChI=1S/C26H22F3N3O5/c27-26(28,29)17-8-6-16(7-9-17)18-12-19-20(31-24(18)36)14-32(13-15-4-2-1-3-5-15)22(23(19)35)25(37)30-11-10-21(33)34/h1-9,12,14,18,35H,10-11,13H2,(H,30,37)(H,31,36)(H,33,34). The van der Waals surface area contributed by atoms with Crippen molar-refractivity contribution in [2.24, 2.45) is 0 Å². The summed E-state index contributed by atoms with van der Waals surface area (Å²) in [5.41, 5.74) is 0.370. The molecule has 0 saturated carbocycles. The maximum Gasteiger partial charge on any atom is 0.416 e. The number of amides is 2. The van der Waals surface area contributed by atoms with E-state index < -0.39 is 41.2 Å². The molecule has 37 heavy (non-hydrogen) atoms. The lowest BCUT2D eigenvalue weighted by Gasteiger charge is -2.33. The number of carbonyl (C=O) groups excluding carboxylic acids is 2. The van der Waals surface area contributed by atoms with Crippen LogP contribution in [0.4, 0.5) is 13.2 Å². The van der Waals surface area contributed by atoms with Crippen LogP contribution in [0.1, 0.15) is 29.0 Å². The van der Waals surface area contributed by atoms with Crippen LogP contribution >= 0.6 is 0 Å². The summed E-state index contributed by atoms with van der Waals surface area (Å²) in [5, 5.41) is 25.1. The molecule has 1 atom stereocenters. The Morgan fingerprint density at radius 1 is 1.05 bits per heavy atom. The molecule has 0 aliphatic carbocycles. The van der Waals surface area contributed by atoms with Crippen LogP contribution < -0.4 is 10.6 Å². The van der Waals surface area contributed by atoms with Gasteiger partial charge in [-0.25, -0.2) is 0 Å². The molecule has 0 aromatic heterocycles. The van der Waals surface area contributed by atoms with Crippen LogP contribution in [0.3, 0.4) is 0 Å². The number of hydrogen-bond donors (Lipinski definition) is 4. The van der Waals surface area contributed by atoms with Gasteiger partial charge in [-0.2, -0.15) is 13.2 Å². The van der Waals surface area contributed by atoms with Crippen molar-refractivity contribution in [3.63, 3.8) is 0 Å². The van der Waals surface area contributed by atoms with E-state index in [1.54, 1.807) is 24.3 Å². The molecular weight excluding hydrogens is 491 g/mol. The van der Waals surface area contributed by atoms with Gasteiger partial charge in [0.25, 0.3) is 5.91 Å². The molecule has 0 radical (unpaired) electrons. The Morgan fingerprint density at radius 2 is 1.73 bits per heavy atom. The van der Waals surface area contributed by atoms with Crippen molar-refractivity contribution in [3.8, 4) is 0 Å². The zero-order chi connectivity index (χ0) is 26.7. The summed E-state index contributed by atoms with van der Waals surface area (Å²) in [7, 11) is 0. The highest BCUT2D eigenvalue weighted by molar-refractivity contribution is 5.97. The predicted octanol–water partition coefficient (Wildman–Crippen LogP) is 3.56. The van der Waals surface area contributed by atoms with Crippen molar-refractivity contribution in [3.05, 3.63) is 106 Å². The minimum atomic E-state index is -4.53. The molecule has 2 amide bonds. The number of hydrogen-bond acceptors (Lipinski definition) is 5. The van der Waals surface area contributed by atoms with Crippen molar-refractivity contribution in [2.45, 2.75) is 25.1 Å². The lowest BCUT2D eigenvalue weighted by Crippen LogP contribution is -2.41. The van der Waals surface area contributed by atoms with E-state index in [0.717, 1.165) is 17.7 Å². The summed E-state index contributed by atoms with van der Waals surface area (Å²) in [4.78, 5) is 38.1. The average Bonchev–Trinajstić information content (AvgIpc) is 2.84. The number of carboxylic acids is 1. The first kappa shape index (κ1) is 25.5. The van der Waals surface area contributed by atoms with Crippen molar-refractivity contribution in [2.75, 3.05) is 6.54 Å². The number of rotatable bonds is 7. The molecule has 8 nitrogen and oxygen atoms in total. The molecule has 0 spiro atoms. The molecule has 2 aromatic carbocycles. The lowest BCUT2D eigenvalue weighted by atomic mass is 9.88. The van der Waals surface area contributed by atoms with Crippen LogP contribution in [0.15, 0.2) is 89.6 Å². The summed E-state index contributed by atoms with van der Waals surface area (Å²) in [6.45, 7) is -0.0216. The number of halogens is 3. The molecule has 2 aliphatic heterocycles. The number of aliphatic carboxylic acids is 1. The highest BCUT2D eigenvalue weighted by Crippen LogP contribution is 2.36. The molecule has 192 valence electrons. The highest BCUT2D eigenvalue weighted by atomic mass is 19.4. The second-order valence-corrected chi connectivity index (χ2v) is 8.42. The zero-order valence-corrected chi connectivity index (χ0v) is 19.2. The van der Waals surface area contributed by atoms with Crippen LogP contribution in [0, 0.1) is 0 Å². The normalized spacial score (nSPS) is 17.4. The number of aliphatic hydroxyl groups is 1. The molecule has 4 N–H and O–H groups in total. The van der Waals surface area contributed by atoms with E-state index in [4.69, 9.17) is 5.11 Å². The third-order valence-electron chi connectivity index (χ3n) is 5.85. The van der Waals surface area contributed by atoms with E-state index in [-0.39, 0.29) is 42.0 Å². The number of aliphatic hydroxyl groups excluding tert-OH is 1. The molecule has 2 aromatic rings. The fraction of sp³-hybridized carbons (Fsp3) is 0.192. The Bertz CT molecular complexity index is 1320. The van der Waals surface area contributed by atoms with Crippen LogP contribution in [0.2, 0.25) is 0 Å². The van der Waals surface area contributed by atoms with Gasteiger partial charge in [0.15, 0.2) is 5.76 Å². The Kier molecular flexibility index (Phi) is 7.05. The maximum atomic E-state index is 13.0. The molecule has 0 saturated heterocycles. The van der Waals surface area contributed by atoms with Gasteiger partial charge in [-0.05, 0) is 23.3 Å². The Labute approximate surface area is 209 Å². The molecule has 0 bridgehead atoms. The summed E-state index contributed by atoms with van der Waals surface area (Å²) in [5.74, 6) is -3.83. The van der Waals surface area contributed by atoms with Crippen LogP contribution in [0.25, 0.3) is 0 Å². The van der Waals surface area contributed by atoms with Crippen molar-refractivity contribution < 1.29 is 37.8 Å². The number of fused-ring (bicyclic) bond motifs is 1. The first-order valence-corrected chi connectivity index (χ1v) is 11.2. The van der Waals surface area contributed by atoms with Gasteiger partial charge in [-0.1, -0.05) is 48.5 Å². The fourth-order valence-corrected chi connectivity index (χ4v) is 4.04. The first-order valence-electron chi connectivity index (χ1n) is 11.2. The monoisotopic (exact) mass is 513 g/mol. The van der Waals surface area contributed by atoms with Crippen molar-refractivity contribution >= 4 is 17.8 Å². The first-order chi connectivity index (χ1) is 17.5. The summed E-state index contributed by atoms with van der Waals surface area (Å²) in [6, 6.07) is 13.1. The molecule has 4 rings (SSSR count). The molecule has 2 heterocycles. The maximum absolute atomic E-state index is 13.0. The van der Waals surface area contributed by atoms with Gasteiger partial charge < -0.3 is 25.7 Å². The molecule has 0 fully saturated rings. The van der Waals surface area contributed by atoms with E-state index in [1.165, 1.54) is 29.3 Å². The largest absolute Gasteiger partial charge is 0.505 e. The summed E-state index contributed by atoms with van der Waals surface area (Å²) in [6.07, 6.45) is -2.00. The number of nitrogens with one attached hydrogen (secondary N) is 2. The van der Waals surface area contributed by atoms with Gasteiger partial charge in [0, 0.05) is 24.9 Å². The minimum Gasteiger partial charge on any atom is -0.505 e. The van der Waals surface area contributed by atoms with Gasteiger partial charge >= 0.3 is 12.1 Å². The predicted molar refractivity (Wildman–Crippen MR) is 125 cm³/mol. The van der Waals surface area contributed by atoms with Gasteiger partial charge in [0.2, 0.25) is 5.91 Å². The minimum absolute atomic E-state index is 0.122. The molecule has 2 aliphatic rings. The Hall–Kier alpha value is -4.54. The second kappa shape index (κ2) is 10.2. The topological polar surface area (TPSA) is 119 Å². The average molecular weight is 513 g/mol. The van der Waals surface area contributed by atoms with Crippen molar-refractivity contribution in [1.82, 2.24) is 15.5 Å². The fourth-order valence-electron chi connectivity index (χ4n) is 4.04. The van der Waals surface area contributed by atoms with Crippen LogP contribution in [-0.2, 0) is 27.1 Å².